The van der Waals surface area contributed by atoms with Gasteiger partial charge in [-0.25, -0.2) is 4.99 Å². The van der Waals surface area contributed by atoms with E-state index in [4.69, 9.17) is 0 Å². The van der Waals surface area contributed by atoms with Gasteiger partial charge in [0.15, 0.2) is 6.29 Å². The second-order valence-corrected chi connectivity index (χ2v) is 10.5. The highest BCUT2D eigenvalue weighted by atomic mass is 16.2. The maximum absolute atomic E-state index is 12.0. The Kier molecular flexibility index (Phi) is 12.6. The number of carbonyl (C=O) groups is 3. The highest BCUT2D eigenvalue weighted by molar-refractivity contribution is 5.91. The molecule has 0 aliphatic carbocycles. The summed E-state index contributed by atoms with van der Waals surface area (Å²) in [5, 5.41) is 2.16. The first-order valence-electron chi connectivity index (χ1n) is 14.3. The Labute approximate surface area is 239 Å². The van der Waals surface area contributed by atoms with Gasteiger partial charge in [-0.15, -0.1) is 0 Å². The summed E-state index contributed by atoms with van der Waals surface area (Å²) in [6.45, 7) is 7.28. The van der Waals surface area contributed by atoms with Gasteiger partial charge in [0, 0.05) is 38.0 Å². The first kappa shape index (κ1) is 30.8. The first-order valence-corrected chi connectivity index (χ1v) is 14.3. The minimum Gasteiger partial charge on any atom is -0.361 e. The van der Waals surface area contributed by atoms with Crippen LogP contribution in [0.3, 0.4) is 0 Å². The number of aryl methyl sites for hydroxylation is 1. The average molecular weight is 543 g/mol. The molecule has 0 aromatic heterocycles. The van der Waals surface area contributed by atoms with Crippen molar-refractivity contribution in [2.45, 2.75) is 77.8 Å². The van der Waals surface area contributed by atoms with Gasteiger partial charge in [-0.05, 0) is 75.9 Å². The van der Waals surface area contributed by atoms with Crippen molar-refractivity contribution < 1.29 is 14.4 Å². The second kappa shape index (κ2) is 16.4. The van der Waals surface area contributed by atoms with Gasteiger partial charge in [0.05, 0.1) is 11.3 Å². The highest BCUT2D eigenvalue weighted by Gasteiger charge is 2.14. The van der Waals surface area contributed by atoms with E-state index in [1.165, 1.54) is 49.9 Å². The number of carbonyl (C=O) groups excluding carboxylic acids is 3. The van der Waals surface area contributed by atoms with Crippen LogP contribution in [0.25, 0.3) is 0 Å². The lowest BCUT2D eigenvalue weighted by molar-refractivity contribution is -0.125. The molecule has 0 saturated carbocycles. The zero-order chi connectivity index (χ0) is 28.7. The molecule has 3 rings (SSSR count). The topological polar surface area (TPSA) is 82.1 Å². The number of rotatable bonds is 11. The molecule has 1 aliphatic rings. The third-order valence-corrected chi connectivity index (χ3v) is 7.55. The number of nitrogens with zero attached hydrogens (tertiary/aromatic N) is 3. The largest absolute Gasteiger partial charge is 0.361 e. The minimum absolute atomic E-state index is 0.0205. The van der Waals surface area contributed by atoms with Gasteiger partial charge in [-0.2, -0.15) is 0 Å². The molecule has 1 unspecified atom stereocenters. The molecule has 212 valence electrons. The van der Waals surface area contributed by atoms with Gasteiger partial charge in [0.25, 0.3) is 0 Å². The van der Waals surface area contributed by atoms with E-state index in [9.17, 15) is 14.4 Å². The summed E-state index contributed by atoms with van der Waals surface area (Å²) in [4.78, 5) is 43.2. The normalized spacial score (nSPS) is 14.8. The molecule has 1 heterocycles. The van der Waals surface area contributed by atoms with Gasteiger partial charge in [-0.3, -0.25) is 24.6 Å². The van der Waals surface area contributed by atoms with Crippen LogP contribution in [0.4, 0.5) is 5.69 Å². The van der Waals surface area contributed by atoms with Crippen LogP contribution in [0, 0.1) is 11.8 Å². The van der Waals surface area contributed by atoms with Crippen molar-refractivity contribution >= 4 is 30.1 Å². The van der Waals surface area contributed by atoms with E-state index < -0.39 is 0 Å². The van der Waals surface area contributed by atoms with Crippen LogP contribution in [0.15, 0.2) is 47.5 Å². The molecule has 0 spiro atoms. The van der Waals surface area contributed by atoms with Crippen LogP contribution < -0.4 is 5.32 Å². The quantitative estimate of drug-likeness (QED) is 0.181. The fourth-order valence-electron chi connectivity index (χ4n) is 4.86. The maximum Gasteiger partial charge on any atom is 0.226 e. The molecule has 2 amide bonds. The molecule has 1 aliphatic heterocycles. The maximum atomic E-state index is 12.0. The van der Waals surface area contributed by atoms with Crippen molar-refractivity contribution in [3.8, 4) is 11.8 Å². The molecule has 7 heteroatoms. The number of aldehydes is 1. The molecule has 2 aromatic carbocycles. The Morgan fingerprint density at radius 3 is 2.45 bits per heavy atom. The van der Waals surface area contributed by atoms with E-state index in [2.05, 4.69) is 51.3 Å². The number of nitrogens with one attached hydrogen (secondary N) is 1. The van der Waals surface area contributed by atoms with Crippen LogP contribution in [-0.4, -0.2) is 60.4 Å². The van der Waals surface area contributed by atoms with Crippen molar-refractivity contribution in [3.63, 3.8) is 0 Å². The number of benzene rings is 2. The van der Waals surface area contributed by atoms with Crippen molar-refractivity contribution in [2.24, 2.45) is 4.99 Å². The molecule has 1 N–H and O–H groups in total. The third-order valence-electron chi connectivity index (χ3n) is 7.55. The molecular formula is C33H42N4O3. The van der Waals surface area contributed by atoms with E-state index >= 15 is 0 Å². The Hall–Kier alpha value is -3.76. The van der Waals surface area contributed by atoms with E-state index in [1.54, 1.807) is 0 Å². The number of aliphatic imine (C=N–C) groups is 1. The molecule has 1 saturated heterocycles. The lowest BCUT2D eigenvalue weighted by atomic mass is 10.0. The Morgan fingerprint density at radius 2 is 1.77 bits per heavy atom. The van der Waals surface area contributed by atoms with Crippen molar-refractivity contribution in [3.05, 3.63) is 64.7 Å². The van der Waals surface area contributed by atoms with Crippen molar-refractivity contribution in [2.75, 3.05) is 20.1 Å². The van der Waals surface area contributed by atoms with Crippen LogP contribution in [-0.2, 0) is 22.6 Å². The molecule has 1 fully saturated rings. The monoisotopic (exact) mass is 542 g/mol. The summed E-state index contributed by atoms with van der Waals surface area (Å²) in [7, 11) is 1.90. The zero-order valence-corrected chi connectivity index (χ0v) is 24.1. The molecule has 0 bridgehead atoms. The fraction of sp³-hybridized carbons (Fsp3) is 0.455. The zero-order valence-electron chi connectivity index (χ0n) is 24.1. The highest BCUT2D eigenvalue weighted by Crippen LogP contribution is 2.22. The summed E-state index contributed by atoms with van der Waals surface area (Å²) in [6.07, 6.45) is 8.89. The van der Waals surface area contributed by atoms with Gasteiger partial charge in [0.1, 0.15) is 5.84 Å². The van der Waals surface area contributed by atoms with E-state index in [-0.39, 0.29) is 18.4 Å². The van der Waals surface area contributed by atoms with Gasteiger partial charge < -0.3 is 4.90 Å². The summed E-state index contributed by atoms with van der Waals surface area (Å²) in [5.74, 6) is 6.82. The van der Waals surface area contributed by atoms with E-state index in [0.717, 1.165) is 25.1 Å². The number of amidine groups is 1. The third kappa shape index (κ3) is 9.77. The van der Waals surface area contributed by atoms with Crippen molar-refractivity contribution in [1.29, 1.82) is 0 Å². The lowest BCUT2D eigenvalue weighted by Crippen LogP contribution is -2.34. The molecular weight excluding hydrogens is 500 g/mol. The summed E-state index contributed by atoms with van der Waals surface area (Å²) in [5.41, 5.74) is 4.33. The van der Waals surface area contributed by atoms with Gasteiger partial charge in [-0.1, -0.05) is 55.0 Å². The number of hydrogen-bond donors (Lipinski definition) is 1. The SMILES string of the molecule is CC(=Nc1cccc(C#CCCc2ccc(CN3CCCCCC3)cc2)c1C=O)N(C)C(C)CCC(=O)NC=O. The predicted octanol–water partition coefficient (Wildman–Crippen LogP) is 5.28. The van der Waals surface area contributed by atoms with Gasteiger partial charge in [0.2, 0.25) is 12.3 Å². The average Bonchev–Trinajstić information content (AvgIpc) is 3.23. The Morgan fingerprint density at radius 1 is 1.07 bits per heavy atom. The Bertz CT molecular complexity index is 1220. The number of imide groups is 1. The van der Waals surface area contributed by atoms with Crippen LogP contribution in [0.2, 0.25) is 0 Å². The van der Waals surface area contributed by atoms with Crippen LogP contribution >= 0.6 is 0 Å². The summed E-state index contributed by atoms with van der Waals surface area (Å²) in [6, 6.07) is 14.4. The van der Waals surface area contributed by atoms with E-state index in [0.29, 0.717) is 36.1 Å². The first-order chi connectivity index (χ1) is 19.4. The Balaban J connectivity index is 1.58. The molecule has 40 heavy (non-hydrogen) atoms. The fourth-order valence-corrected chi connectivity index (χ4v) is 4.86. The van der Waals surface area contributed by atoms with Crippen LogP contribution in [0.5, 0.6) is 0 Å². The standard InChI is InChI=1S/C33H42N4O3/c1-26(15-20-33(40)34-25-39)36(3)27(2)35-32-14-10-13-30(31(32)24-38)12-7-6-11-28-16-18-29(19-17-28)23-37-21-8-4-5-9-22-37/h10,13-14,16-19,24-26H,4-6,8-9,11,15,20-23H2,1-3H3,(H,34,39,40). The smallest absolute Gasteiger partial charge is 0.226 e. The second-order valence-electron chi connectivity index (χ2n) is 10.5. The van der Waals surface area contributed by atoms with E-state index in [1.807, 2.05) is 44.0 Å². The minimum atomic E-state index is -0.306. The molecule has 1 atom stereocenters. The summed E-state index contributed by atoms with van der Waals surface area (Å²) >= 11 is 0. The van der Waals surface area contributed by atoms with Crippen molar-refractivity contribution in [1.82, 2.24) is 15.1 Å². The van der Waals surface area contributed by atoms with Gasteiger partial charge >= 0.3 is 0 Å². The number of amides is 2. The number of likely N-dealkylation sites (tertiary alicyclic amines) is 1. The van der Waals surface area contributed by atoms with Crippen LogP contribution in [0.1, 0.15) is 85.8 Å². The lowest BCUT2D eigenvalue weighted by Gasteiger charge is -2.26. The predicted molar refractivity (Wildman–Crippen MR) is 161 cm³/mol. The number of hydrogen-bond acceptors (Lipinski definition) is 5. The summed E-state index contributed by atoms with van der Waals surface area (Å²) < 4.78 is 0. The molecule has 0 radical (unpaired) electrons. The molecule has 7 nitrogen and oxygen atoms in total. The molecule has 2 aromatic rings.